The van der Waals surface area contributed by atoms with Gasteiger partial charge in [-0.3, -0.25) is 4.57 Å². The first-order chi connectivity index (χ1) is 9.59. The molecule has 2 N–H and O–H groups in total. The van der Waals surface area contributed by atoms with Gasteiger partial charge in [0.25, 0.3) is 15.2 Å². The fourth-order valence-corrected chi connectivity index (χ4v) is 3.10. The van der Waals surface area contributed by atoms with E-state index in [-0.39, 0.29) is 5.16 Å². The maximum atomic E-state index is 11.7. The van der Waals surface area contributed by atoms with Crippen molar-refractivity contribution >= 4 is 21.6 Å². The average molecular weight is 329 g/mol. The average Bonchev–Trinajstić information content (AvgIpc) is 2.72. The molecule has 21 heavy (non-hydrogen) atoms. The molecular weight excluding hydrogens is 312 g/mol. The number of primary sulfonamides is 1. The molecule has 1 heterocycles. The van der Waals surface area contributed by atoms with Crippen molar-refractivity contribution in [1.29, 1.82) is 0 Å². The van der Waals surface area contributed by atoms with Crippen LogP contribution in [0.25, 0.3) is 0 Å². The summed E-state index contributed by atoms with van der Waals surface area (Å²) < 4.78 is 24.9. The lowest BCUT2D eigenvalue weighted by Crippen LogP contribution is -2.30. The predicted molar refractivity (Wildman–Crippen MR) is 80.6 cm³/mol. The molecule has 1 aromatic heterocycles. The Bertz CT molecular complexity index is 763. The molecule has 0 saturated carbocycles. The maximum Gasteiger partial charge on any atom is 0.273 e. The monoisotopic (exact) mass is 328 g/mol. The largest absolute Gasteiger partial charge is 0.295 e. The Morgan fingerprint density at radius 2 is 1.95 bits per heavy atom. The molecule has 1 aromatic carbocycles. The number of hydrogen-bond acceptors (Lipinski definition) is 4. The zero-order valence-electron chi connectivity index (χ0n) is 12.0. The van der Waals surface area contributed by atoms with Gasteiger partial charge in [0.15, 0.2) is 0 Å². The smallest absolute Gasteiger partial charge is 0.273 e. The predicted octanol–water partition coefficient (Wildman–Crippen LogP) is 1.92. The number of nitrogens with zero attached hydrogens (tertiary/aromatic N) is 3. The molecule has 2 aromatic rings. The first-order valence-electron chi connectivity index (χ1n) is 6.31. The first-order valence-corrected chi connectivity index (χ1v) is 8.23. The molecule has 0 spiro atoms. The SMILES string of the molecule is CC(C)(C)n1c(Cc2cccc(Cl)c2)nnc1S(N)(=O)=O. The van der Waals surface area contributed by atoms with Crippen molar-refractivity contribution in [3.05, 3.63) is 40.7 Å². The van der Waals surface area contributed by atoms with E-state index in [9.17, 15) is 8.42 Å². The Hall–Kier alpha value is -1.44. The number of benzene rings is 1. The van der Waals surface area contributed by atoms with Crippen molar-refractivity contribution in [3.8, 4) is 0 Å². The van der Waals surface area contributed by atoms with E-state index in [1.165, 1.54) is 0 Å². The van der Waals surface area contributed by atoms with E-state index in [2.05, 4.69) is 10.2 Å². The number of sulfonamides is 1. The van der Waals surface area contributed by atoms with E-state index in [1.54, 1.807) is 16.7 Å². The summed E-state index contributed by atoms with van der Waals surface area (Å²) >= 11 is 5.96. The molecule has 2 rings (SSSR count). The highest BCUT2D eigenvalue weighted by Crippen LogP contribution is 2.23. The van der Waals surface area contributed by atoms with Gasteiger partial charge in [0.2, 0.25) is 0 Å². The van der Waals surface area contributed by atoms with Gasteiger partial charge in [-0.15, -0.1) is 10.2 Å². The molecule has 6 nitrogen and oxygen atoms in total. The zero-order chi connectivity index (χ0) is 15.8. The minimum atomic E-state index is -3.93. The van der Waals surface area contributed by atoms with Crippen LogP contribution < -0.4 is 5.14 Å². The topological polar surface area (TPSA) is 90.9 Å². The minimum absolute atomic E-state index is 0.230. The highest BCUT2D eigenvalue weighted by atomic mass is 35.5. The highest BCUT2D eigenvalue weighted by molar-refractivity contribution is 7.89. The summed E-state index contributed by atoms with van der Waals surface area (Å²) in [7, 11) is -3.93. The standard InChI is InChI=1S/C13H17ClN4O2S/c1-13(2,3)18-11(16-17-12(18)21(15,19)20)8-9-5-4-6-10(14)7-9/h4-7H,8H2,1-3H3,(H2,15,19,20). The van der Waals surface area contributed by atoms with Crippen molar-refractivity contribution in [1.82, 2.24) is 14.8 Å². The molecule has 8 heteroatoms. The molecule has 0 aliphatic rings. The van der Waals surface area contributed by atoms with Gasteiger partial charge in [-0.25, -0.2) is 13.6 Å². The van der Waals surface area contributed by atoms with Crippen LogP contribution in [0.3, 0.4) is 0 Å². The summed E-state index contributed by atoms with van der Waals surface area (Å²) in [5, 5.41) is 13.3. The van der Waals surface area contributed by atoms with E-state index in [0.717, 1.165) is 5.56 Å². The second-order valence-electron chi connectivity index (χ2n) is 5.76. The molecule has 0 aliphatic carbocycles. The molecule has 0 atom stereocenters. The van der Waals surface area contributed by atoms with Gasteiger partial charge in [-0.2, -0.15) is 0 Å². The summed E-state index contributed by atoms with van der Waals surface area (Å²) in [6.45, 7) is 5.60. The van der Waals surface area contributed by atoms with Crippen LogP contribution in [-0.4, -0.2) is 23.2 Å². The lowest BCUT2D eigenvalue weighted by atomic mass is 10.1. The highest BCUT2D eigenvalue weighted by Gasteiger charge is 2.28. The molecule has 0 bridgehead atoms. The normalized spacial score (nSPS) is 12.6. The van der Waals surface area contributed by atoms with E-state index < -0.39 is 15.6 Å². The summed E-state index contributed by atoms with van der Waals surface area (Å²) in [6.07, 6.45) is 0.417. The van der Waals surface area contributed by atoms with Crippen LogP contribution in [0, 0.1) is 0 Å². The Kier molecular flexibility index (Phi) is 4.10. The second kappa shape index (κ2) is 5.40. The van der Waals surface area contributed by atoms with Gasteiger partial charge < -0.3 is 0 Å². The molecule has 0 fully saturated rings. The van der Waals surface area contributed by atoms with Crippen molar-refractivity contribution in [2.75, 3.05) is 0 Å². The summed E-state index contributed by atoms with van der Waals surface area (Å²) in [5.74, 6) is 0.522. The van der Waals surface area contributed by atoms with Crippen LogP contribution in [-0.2, 0) is 22.0 Å². The van der Waals surface area contributed by atoms with Gasteiger partial charge >= 0.3 is 0 Å². The van der Waals surface area contributed by atoms with Crippen LogP contribution in [0.5, 0.6) is 0 Å². The lowest BCUT2D eigenvalue weighted by Gasteiger charge is -2.24. The van der Waals surface area contributed by atoms with Crippen molar-refractivity contribution in [2.24, 2.45) is 5.14 Å². The molecular formula is C13H17ClN4O2S. The zero-order valence-corrected chi connectivity index (χ0v) is 13.6. The molecule has 0 aliphatic heterocycles. The fourth-order valence-electron chi connectivity index (χ4n) is 2.10. The summed E-state index contributed by atoms with van der Waals surface area (Å²) in [4.78, 5) is 0. The van der Waals surface area contributed by atoms with E-state index in [0.29, 0.717) is 17.3 Å². The number of rotatable bonds is 3. The van der Waals surface area contributed by atoms with Crippen LogP contribution in [0.4, 0.5) is 0 Å². The van der Waals surface area contributed by atoms with Crippen LogP contribution in [0.15, 0.2) is 29.4 Å². The van der Waals surface area contributed by atoms with E-state index in [1.807, 2.05) is 32.9 Å². The summed E-state index contributed by atoms with van der Waals surface area (Å²) in [6, 6.07) is 7.30. The third-order valence-corrected chi connectivity index (χ3v) is 3.89. The maximum absolute atomic E-state index is 11.7. The van der Waals surface area contributed by atoms with Crippen molar-refractivity contribution in [3.63, 3.8) is 0 Å². The second-order valence-corrected chi connectivity index (χ2v) is 7.65. The van der Waals surface area contributed by atoms with Gasteiger partial charge in [0, 0.05) is 17.0 Å². The number of hydrogen-bond donors (Lipinski definition) is 1. The number of halogens is 1. The molecule has 114 valence electrons. The Morgan fingerprint density at radius 3 is 2.48 bits per heavy atom. The van der Waals surface area contributed by atoms with Crippen molar-refractivity contribution < 1.29 is 8.42 Å². The van der Waals surface area contributed by atoms with Crippen LogP contribution in [0.1, 0.15) is 32.2 Å². The lowest BCUT2D eigenvalue weighted by molar-refractivity contribution is 0.351. The van der Waals surface area contributed by atoms with Gasteiger partial charge in [0.1, 0.15) is 5.82 Å². The number of nitrogens with two attached hydrogens (primary N) is 1. The Morgan fingerprint density at radius 1 is 1.29 bits per heavy atom. The fraction of sp³-hybridized carbons (Fsp3) is 0.385. The van der Waals surface area contributed by atoms with Crippen LogP contribution >= 0.6 is 11.6 Å². The molecule has 0 unspecified atom stereocenters. The van der Waals surface area contributed by atoms with Gasteiger partial charge in [-0.1, -0.05) is 23.7 Å². The minimum Gasteiger partial charge on any atom is -0.295 e. The van der Waals surface area contributed by atoms with Crippen molar-refractivity contribution in [2.45, 2.75) is 37.9 Å². The molecule has 0 amide bonds. The van der Waals surface area contributed by atoms with Gasteiger partial charge in [0.05, 0.1) is 0 Å². The third kappa shape index (κ3) is 3.61. The third-order valence-electron chi connectivity index (χ3n) is 2.88. The molecule has 0 saturated heterocycles. The van der Waals surface area contributed by atoms with Gasteiger partial charge in [-0.05, 0) is 38.5 Å². The Balaban J connectivity index is 2.53. The van der Waals surface area contributed by atoms with E-state index in [4.69, 9.17) is 16.7 Å². The Labute approximate surface area is 129 Å². The quantitative estimate of drug-likeness (QED) is 0.931. The van der Waals surface area contributed by atoms with Crippen LogP contribution in [0.2, 0.25) is 5.02 Å². The first kappa shape index (κ1) is 15.9. The molecule has 0 radical (unpaired) electrons. The number of aromatic nitrogens is 3. The summed E-state index contributed by atoms with van der Waals surface area (Å²) in [5.41, 5.74) is 0.403. The van der Waals surface area contributed by atoms with E-state index >= 15 is 0 Å².